The Balaban J connectivity index is 2.45. The molecule has 0 aliphatic rings. The van der Waals surface area contributed by atoms with Crippen LogP contribution in [0.3, 0.4) is 0 Å². The van der Waals surface area contributed by atoms with E-state index < -0.39 is 10.0 Å². The zero-order valence-electron chi connectivity index (χ0n) is 11.2. The predicted octanol–water partition coefficient (Wildman–Crippen LogP) is 3.56. The Morgan fingerprint density at radius 3 is 2.52 bits per heavy atom. The molecule has 4 nitrogen and oxygen atoms in total. The molecule has 0 aliphatic heterocycles. The lowest BCUT2D eigenvalue weighted by atomic mass is 10.2. The summed E-state index contributed by atoms with van der Waals surface area (Å²) in [5.41, 5.74) is 7.37. The molecular weight excluding hydrogens is 331 g/mol. The van der Waals surface area contributed by atoms with Crippen molar-refractivity contribution in [1.82, 2.24) is 0 Å². The molecule has 0 spiro atoms. The minimum Gasteiger partial charge on any atom is -0.326 e. The number of sulfonamides is 1. The molecule has 2 rings (SSSR count). The molecule has 0 amide bonds. The monoisotopic (exact) mass is 344 g/mol. The maximum absolute atomic E-state index is 12.4. The van der Waals surface area contributed by atoms with Crippen molar-refractivity contribution in [3.8, 4) is 0 Å². The third kappa shape index (κ3) is 3.49. The van der Waals surface area contributed by atoms with Crippen molar-refractivity contribution in [3.05, 3.63) is 57.6 Å². The minimum atomic E-state index is -3.81. The van der Waals surface area contributed by atoms with E-state index in [0.29, 0.717) is 16.3 Å². The first kappa shape index (κ1) is 16.1. The van der Waals surface area contributed by atoms with Gasteiger partial charge in [-0.1, -0.05) is 35.3 Å². The van der Waals surface area contributed by atoms with Crippen molar-refractivity contribution >= 4 is 38.9 Å². The SMILES string of the molecule is Cc1cccc(NS(=O)(=O)c2ccc(Cl)c(CN)c2Cl)c1. The van der Waals surface area contributed by atoms with Crippen LogP contribution in [0.25, 0.3) is 0 Å². The Kier molecular flexibility index (Phi) is 4.78. The van der Waals surface area contributed by atoms with Gasteiger partial charge in [-0.15, -0.1) is 0 Å². The first-order valence-corrected chi connectivity index (χ1v) is 8.35. The largest absolute Gasteiger partial charge is 0.326 e. The minimum absolute atomic E-state index is 0.0458. The predicted molar refractivity (Wildman–Crippen MR) is 86.3 cm³/mol. The number of hydrogen-bond donors (Lipinski definition) is 2. The van der Waals surface area contributed by atoms with Gasteiger partial charge in [0.2, 0.25) is 0 Å². The highest BCUT2D eigenvalue weighted by molar-refractivity contribution is 7.92. The summed E-state index contributed by atoms with van der Waals surface area (Å²) in [7, 11) is -3.81. The third-order valence-corrected chi connectivity index (χ3v) is 5.24. The zero-order chi connectivity index (χ0) is 15.6. The zero-order valence-corrected chi connectivity index (χ0v) is 13.6. The van der Waals surface area contributed by atoms with Crippen LogP contribution in [0.5, 0.6) is 0 Å². The molecule has 0 radical (unpaired) electrons. The topological polar surface area (TPSA) is 72.2 Å². The molecule has 3 N–H and O–H groups in total. The second kappa shape index (κ2) is 6.23. The smallest absolute Gasteiger partial charge is 0.263 e. The molecule has 0 saturated carbocycles. The van der Waals surface area contributed by atoms with Crippen molar-refractivity contribution in [3.63, 3.8) is 0 Å². The molecule has 7 heteroatoms. The molecule has 2 aromatic rings. The Morgan fingerprint density at radius 2 is 1.90 bits per heavy atom. The molecule has 2 aromatic carbocycles. The van der Waals surface area contributed by atoms with E-state index in [4.69, 9.17) is 28.9 Å². The van der Waals surface area contributed by atoms with Gasteiger partial charge in [-0.2, -0.15) is 0 Å². The molecule has 0 atom stereocenters. The lowest BCUT2D eigenvalue weighted by Crippen LogP contribution is -2.14. The van der Waals surface area contributed by atoms with Crippen LogP contribution in [0, 0.1) is 6.92 Å². The summed E-state index contributed by atoms with van der Waals surface area (Å²) in [6, 6.07) is 9.87. The summed E-state index contributed by atoms with van der Waals surface area (Å²) >= 11 is 12.1. The van der Waals surface area contributed by atoms with Gasteiger partial charge in [-0.25, -0.2) is 8.42 Å². The van der Waals surface area contributed by atoms with Crippen molar-refractivity contribution < 1.29 is 8.42 Å². The standard InChI is InChI=1S/C14H14Cl2N2O2S/c1-9-3-2-4-10(7-9)18-21(19,20)13-6-5-12(15)11(8-17)14(13)16/h2-7,18H,8,17H2,1H3. The summed E-state index contributed by atoms with van der Waals surface area (Å²) in [6.07, 6.45) is 0. The van der Waals surface area contributed by atoms with Crippen LogP contribution < -0.4 is 10.5 Å². The van der Waals surface area contributed by atoms with Crippen LogP contribution >= 0.6 is 23.2 Å². The number of hydrogen-bond acceptors (Lipinski definition) is 3. The molecule has 0 fully saturated rings. The van der Waals surface area contributed by atoms with Gasteiger partial charge in [0.1, 0.15) is 4.90 Å². The van der Waals surface area contributed by atoms with Gasteiger partial charge in [-0.3, -0.25) is 4.72 Å². The Morgan fingerprint density at radius 1 is 1.19 bits per heavy atom. The van der Waals surface area contributed by atoms with Crippen LogP contribution in [0.15, 0.2) is 41.3 Å². The van der Waals surface area contributed by atoms with Gasteiger partial charge >= 0.3 is 0 Å². The van der Waals surface area contributed by atoms with Crippen molar-refractivity contribution in [2.24, 2.45) is 5.73 Å². The fraction of sp³-hybridized carbons (Fsp3) is 0.143. The summed E-state index contributed by atoms with van der Waals surface area (Å²) in [6.45, 7) is 1.94. The molecule has 0 saturated heterocycles. The van der Waals surface area contributed by atoms with Crippen LogP contribution in [-0.2, 0) is 16.6 Å². The average Bonchev–Trinajstić information content (AvgIpc) is 2.38. The van der Waals surface area contributed by atoms with E-state index in [9.17, 15) is 8.42 Å². The van der Waals surface area contributed by atoms with Crippen molar-refractivity contribution in [2.45, 2.75) is 18.4 Å². The first-order chi connectivity index (χ1) is 9.85. The van der Waals surface area contributed by atoms with E-state index in [1.807, 2.05) is 13.0 Å². The average molecular weight is 345 g/mol. The quantitative estimate of drug-likeness (QED) is 0.890. The summed E-state index contributed by atoms with van der Waals surface area (Å²) in [4.78, 5) is -0.0458. The highest BCUT2D eigenvalue weighted by Gasteiger charge is 2.21. The molecular formula is C14H14Cl2N2O2S. The van der Waals surface area contributed by atoms with Crippen LogP contribution in [0.4, 0.5) is 5.69 Å². The lowest BCUT2D eigenvalue weighted by Gasteiger charge is -2.13. The first-order valence-electron chi connectivity index (χ1n) is 6.11. The second-order valence-corrected chi connectivity index (χ2v) is 6.95. The number of nitrogens with one attached hydrogen (secondary N) is 1. The van der Waals surface area contributed by atoms with E-state index in [2.05, 4.69) is 4.72 Å². The number of halogens is 2. The van der Waals surface area contributed by atoms with Crippen molar-refractivity contribution in [2.75, 3.05) is 4.72 Å². The third-order valence-electron chi connectivity index (χ3n) is 2.91. The molecule has 112 valence electrons. The van der Waals surface area contributed by atoms with Gasteiger partial charge in [0.15, 0.2) is 0 Å². The van der Waals surface area contributed by atoms with Gasteiger partial charge in [0.05, 0.1) is 5.02 Å². The van der Waals surface area contributed by atoms with Gasteiger partial charge in [0, 0.05) is 22.8 Å². The number of rotatable bonds is 4. The van der Waals surface area contributed by atoms with Crippen LogP contribution in [0.1, 0.15) is 11.1 Å². The van der Waals surface area contributed by atoms with E-state index >= 15 is 0 Å². The summed E-state index contributed by atoms with van der Waals surface area (Å²) < 4.78 is 27.4. The number of benzene rings is 2. The van der Waals surface area contributed by atoms with E-state index in [0.717, 1.165) is 5.56 Å². The van der Waals surface area contributed by atoms with E-state index in [1.54, 1.807) is 18.2 Å². The highest BCUT2D eigenvalue weighted by Crippen LogP contribution is 2.31. The van der Waals surface area contributed by atoms with Crippen LogP contribution in [0.2, 0.25) is 10.0 Å². The molecule has 0 aliphatic carbocycles. The van der Waals surface area contributed by atoms with E-state index in [-0.39, 0.29) is 16.5 Å². The maximum atomic E-state index is 12.4. The van der Waals surface area contributed by atoms with Crippen molar-refractivity contribution in [1.29, 1.82) is 0 Å². The van der Waals surface area contributed by atoms with Gasteiger partial charge in [0.25, 0.3) is 10.0 Å². The number of anilines is 1. The second-order valence-electron chi connectivity index (χ2n) is 4.52. The Labute approximate surface area is 133 Å². The normalized spacial score (nSPS) is 11.4. The molecule has 21 heavy (non-hydrogen) atoms. The van der Waals surface area contributed by atoms with Crippen LogP contribution in [-0.4, -0.2) is 8.42 Å². The molecule has 0 unspecified atom stereocenters. The highest BCUT2D eigenvalue weighted by atomic mass is 35.5. The van der Waals surface area contributed by atoms with Gasteiger partial charge in [-0.05, 0) is 36.8 Å². The summed E-state index contributed by atoms with van der Waals surface area (Å²) in [5, 5.41) is 0.391. The number of nitrogens with two attached hydrogens (primary N) is 1. The Hall–Kier alpha value is -1.27. The summed E-state index contributed by atoms with van der Waals surface area (Å²) in [5.74, 6) is 0. The fourth-order valence-corrected chi connectivity index (χ4v) is 3.87. The Bertz CT molecular complexity index is 777. The molecule has 0 aromatic heterocycles. The number of aryl methyl sites for hydroxylation is 1. The maximum Gasteiger partial charge on any atom is 0.263 e. The van der Waals surface area contributed by atoms with E-state index in [1.165, 1.54) is 12.1 Å². The fourth-order valence-electron chi connectivity index (χ4n) is 1.89. The molecule has 0 heterocycles. The molecule has 0 bridgehead atoms. The lowest BCUT2D eigenvalue weighted by molar-refractivity contribution is 0.601. The van der Waals surface area contributed by atoms with Gasteiger partial charge < -0.3 is 5.73 Å².